The number of rotatable bonds is 2. The predicted molar refractivity (Wildman–Crippen MR) is 82.4 cm³/mol. The molecule has 3 heteroatoms. The van der Waals surface area contributed by atoms with Crippen LogP contribution in [0.15, 0.2) is 35.5 Å². The van der Waals surface area contributed by atoms with Gasteiger partial charge in [0.2, 0.25) is 0 Å². The first-order valence-corrected chi connectivity index (χ1v) is 7.44. The van der Waals surface area contributed by atoms with E-state index in [0.717, 1.165) is 24.5 Å². The first-order chi connectivity index (χ1) is 9.83. The van der Waals surface area contributed by atoms with Crippen LogP contribution in [0.2, 0.25) is 0 Å². The largest absolute Gasteiger partial charge is 0.316 e. The smallest absolute Gasteiger partial charge is 0.111 e. The lowest BCUT2D eigenvalue weighted by Crippen LogP contribution is -2.33. The molecule has 1 aromatic carbocycles. The summed E-state index contributed by atoms with van der Waals surface area (Å²) >= 11 is 0. The minimum Gasteiger partial charge on any atom is -0.316 e. The van der Waals surface area contributed by atoms with Gasteiger partial charge in [-0.15, -0.1) is 0 Å². The quantitative estimate of drug-likeness (QED) is 0.906. The van der Waals surface area contributed by atoms with Crippen LogP contribution in [0.4, 0.5) is 0 Å². The molecule has 0 amide bonds. The summed E-state index contributed by atoms with van der Waals surface area (Å²) in [4.78, 5) is 8.92. The second-order valence-electron chi connectivity index (χ2n) is 6.08. The van der Waals surface area contributed by atoms with Crippen molar-refractivity contribution in [2.45, 2.75) is 25.3 Å². The summed E-state index contributed by atoms with van der Waals surface area (Å²) in [5.41, 5.74) is 3.82. The molecule has 2 aromatic rings. The van der Waals surface area contributed by atoms with Crippen molar-refractivity contribution in [3.05, 3.63) is 41.6 Å². The Hall–Kier alpha value is -1.74. The van der Waals surface area contributed by atoms with Crippen molar-refractivity contribution in [2.24, 2.45) is 10.9 Å². The first kappa shape index (κ1) is 12.0. The van der Waals surface area contributed by atoms with Crippen LogP contribution in [0.1, 0.15) is 36.4 Å². The summed E-state index contributed by atoms with van der Waals surface area (Å²) in [5.74, 6) is 1.34. The Labute approximate surface area is 119 Å². The number of benzene rings is 1. The van der Waals surface area contributed by atoms with Crippen LogP contribution in [-0.2, 0) is 0 Å². The summed E-state index contributed by atoms with van der Waals surface area (Å²) in [7, 11) is 0. The third-order valence-electron chi connectivity index (χ3n) is 4.46. The summed E-state index contributed by atoms with van der Waals surface area (Å²) < 4.78 is 0. The fraction of sp³-hybridized carbons (Fsp3) is 0.412. The van der Waals surface area contributed by atoms with E-state index in [4.69, 9.17) is 0 Å². The molecule has 102 valence electrons. The molecule has 3 atom stereocenters. The minimum absolute atomic E-state index is 0.268. The van der Waals surface area contributed by atoms with Crippen molar-refractivity contribution in [3.8, 4) is 0 Å². The number of piperidine rings is 1. The van der Waals surface area contributed by atoms with Crippen molar-refractivity contribution < 1.29 is 0 Å². The maximum atomic E-state index is 4.62. The SMILES string of the molecule is CC1CNCC(c2ccc(C3C=N3)c3ncccc23)C1. The number of nitrogens with one attached hydrogen (secondary N) is 1. The molecule has 3 nitrogen and oxygen atoms in total. The van der Waals surface area contributed by atoms with Crippen LogP contribution in [0.5, 0.6) is 0 Å². The number of aromatic nitrogens is 1. The molecule has 4 rings (SSSR count). The highest BCUT2D eigenvalue weighted by atomic mass is 14.9. The highest BCUT2D eigenvalue weighted by molar-refractivity contribution is 5.92. The molecular weight excluding hydrogens is 246 g/mol. The second kappa shape index (κ2) is 4.67. The Bertz CT molecular complexity index is 671. The van der Waals surface area contributed by atoms with Crippen LogP contribution in [-0.4, -0.2) is 24.3 Å². The first-order valence-electron chi connectivity index (χ1n) is 7.44. The summed E-state index contributed by atoms with van der Waals surface area (Å²) in [6.07, 6.45) is 5.14. The topological polar surface area (TPSA) is 37.3 Å². The van der Waals surface area contributed by atoms with Gasteiger partial charge in [0, 0.05) is 29.9 Å². The zero-order valence-corrected chi connectivity index (χ0v) is 11.7. The molecule has 1 N–H and O–H groups in total. The minimum atomic E-state index is 0.268. The van der Waals surface area contributed by atoms with Gasteiger partial charge in [-0.25, -0.2) is 0 Å². The molecule has 1 aromatic heterocycles. The number of hydrogen-bond donors (Lipinski definition) is 1. The van der Waals surface area contributed by atoms with Gasteiger partial charge < -0.3 is 5.32 Å². The van der Waals surface area contributed by atoms with Gasteiger partial charge in [-0.3, -0.25) is 9.98 Å². The Morgan fingerprint density at radius 3 is 2.80 bits per heavy atom. The number of hydrogen-bond acceptors (Lipinski definition) is 3. The van der Waals surface area contributed by atoms with E-state index in [1.165, 1.54) is 22.9 Å². The number of aliphatic imine (C=N–C) groups is 1. The predicted octanol–water partition coefficient (Wildman–Crippen LogP) is 3.07. The van der Waals surface area contributed by atoms with E-state index in [1.54, 1.807) is 0 Å². The van der Waals surface area contributed by atoms with Crippen molar-refractivity contribution in [3.63, 3.8) is 0 Å². The second-order valence-corrected chi connectivity index (χ2v) is 6.08. The standard InChI is InChI=1S/C17H19N3/c1-11-7-12(9-18-8-11)13-4-5-15(16-10-20-16)17-14(13)3-2-6-19-17/h2-6,10-12,16,18H,7-9H2,1H3. The van der Waals surface area contributed by atoms with E-state index in [-0.39, 0.29) is 6.04 Å². The Kier molecular flexibility index (Phi) is 2.81. The number of fused-ring (bicyclic) bond motifs is 1. The van der Waals surface area contributed by atoms with Gasteiger partial charge in [0.05, 0.1) is 5.52 Å². The Morgan fingerprint density at radius 1 is 1.15 bits per heavy atom. The van der Waals surface area contributed by atoms with E-state index in [0.29, 0.717) is 5.92 Å². The Morgan fingerprint density at radius 2 is 2.00 bits per heavy atom. The highest BCUT2D eigenvalue weighted by Crippen LogP contribution is 2.36. The lowest BCUT2D eigenvalue weighted by atomic mass is 9.84. The summed E-state index contributed by atoms with van der Waals surface area (Å²) in [6, 6.07) is 9.05. The third-order valence-corrected chi connectivity index (χ3v) is 4.46. The molecule has 2 aliphatic rings. The monoisotopic (exact) mass is 265 g/mol. The van der Waals surface area contributed by atoms with E-state index in [1.807, 2.05) is 18.5 Å². The zero-order valence-electron chi connectivity index (χ0n) is 11.7. The maximum Gasteiger partial charge on any atom is 0.111 e. The summed E-state index contributed by atoms with van der Waals surface area (Å²) in [6.45, 7) is 4.54. The van der Waals surface area contributed by atoms with Gasteiger partial charge >= 0.3 is 0 Å². The van der Waals surface area contributed by atoms with Gasteiger partial charge in [0.25, 0.3) is 0 Å². The van der Waals surface area contributed by atoms with E-state index in [9.17, 15) is 0 Å². The van der Waals surface area contributed by atoms with Gasteiger partial charge in [0.15, 0.2) is 0 Å². The van der Waals surface area contributed by atoms with Crippen LogP contribution in [0.3, 0.4) is 0 Å². The van der Waals surface area contributed by atoms with E-state index < -0.39 is 0 Å². The van der Waals surface area contributed by atoms with Gasteiger partial charge in [-0.2, -0.15) is 0 Å². The average molecular weight is 265 g/mol. The van der Waals surface area contributed by atoms with E-state index in [2.05, 4.69) is 40.4 Å². The molecular formula is C17H19N3. The zero-order chi connectivity index (χ0) is 13.5. The number of pyridine rings is 1. The number of nitrogens with zero attached hydrogens (tertiary/aromatic N) is 2. The molecule has 3 heterocycles. The molecule has 2 aliphatic heterocycles. The van der Waals surface area contributed by atoms with Crippen LogP contribution in [0, 0.1) is 5.92 Å². The van der Waals surface area contributed by atoms with Crippen molar-refractivity contribution in [1.82, 2.24) is 10.3 Å². The molecule has 0 radical (unpaired) electrons. The van der Waals surface area contributed by atoms with Crippen LogP contribution < -0.4 is 5.32 Å². The Balaban J connectivity index is 1.81. The maximum absolute atomic E-state index is 4.62. The van der Waals surface area contributed by atoms with Gasteiger partial charge in [0.1, 0.15) is 6.04 Å². The van der Waals surface area contributed by atoms with Gasteiger partial charge in [-0.05, 0) is 36.4 Å². The van der Waals surface area contributed by atoms with Crippen LogP contribution >= 0.6 is 0 Å². The van der Waals surface area contributed by atoms with Gasteiger partial charge in [-0.1, -0.05) is 25.1 Å². The lowest BCUT2D eigenvalue weighted by molar-refractivity contribution is 0.365. The van der Waals surface area contributed by atoms with Crippen molar-refractivity contribution >= 4 is 17.1 Å². The van der Waals surface area contributed by atoms with E-state index >= 15 is 0 Å². The molecule has 20 heavy (non-hydrogen) atoms. The highest BCUT2D eigenvalue weighted by Gasteiger charge is 2.25. The third kappa shape index (κ3) is 2.02. The summed E-state index contributed by atoms with van der Waals surface area (Å²) in [5, 5.41) is 4.86. The molecule has 0 spiro atoms. The van der Waals surface area contributed by atoms with Crippen molar-refractivity contribution in [1.29, 1.82) is 0 Å². The van der Waals surface area contributed by atoms with Crippen molar-refractivity contribution in [2.75, 3.05) is 13.1 Å². The normalized spacial score (nSPS) is 28.8. The molecule has 0 saturated carbocycles. The lowest BCUT2D eigenvalue weighted by Gasteiger charge is -2.29. The average Bonchev–Trinajstić information content (AvgIpc) is 3.31. The van der Waals surface area contributed by atoms with Crippen LogP contribution in [0.25, 0.3) is 10.9 Å². The molecule has 0 bridgehead atoms. The molecule has 3 unspecified atom stereocenters. The molecule has 1 fully saturated rings. The molecule has 0 aliphatic carbocycles. The fourth-order valence-corrected chi connectivity index (χ4v) is 3.41. The fourth-order valence-electron chi connectivity index (χ4n) is 3.41. The molecule has 1 saturated heterocycles.